The molecule has 0 radical (unpaired) electrons. The van der Waals surface area contributed by atoms with Crippen molar-refractivity contribution in [2.24, 2.45) is 5.73 Å². The lowest BCUT2D eigenvalue weighted by molar-refractivity contribution is 0.0341. The van der Waals surface area contributed by atoms with Crippen LogP contribution in [0.25, 0.3) is 11.1 Å². The number of hydrogen-bond donors (Lipinski definition) is 1. The molecule has 2 unspecified atom stereocenters. The largest absolute Gasteiger partial charge is 0.450 e. The standard InChI is InChI=1S/C27H33N3O4/c1-2-33-27(32)30-18-11-12-19(30)16-20(15-18)29(14-13-28)26(31)34-17-25-23-9-5-3-7-21(23)22-8-4-6-10-24(22)25/h3-10,18-20,25H,2,11-17,28H2,1H3. The zero-order valence-electron chi connectivity index (χ0n) is 19.7. The van der Waals surface area contributed by atoms with Crippen molar-refractivity contribution in [3.8, 4) is 11.1 Å². The molecule has 3 aliphatic rings. The summed E-state index contributed by atoms with van der Waals surface area (Å²) in [6, 6.07) is 16.9. The van der Waals surface area contributed by atoms with Gasteiger partial charge in [-0.15, -0.1) is 0 Å². The molecule has 2 aromatic rings. The summed E-state index contributed by atoms with van der Waals surface area (Å²) in [4.78, 5) is 29.4. The minimum absolute atomic E-state index is 0.0161. The summed E-state index contributed by atoms with van der Waals surface area (Å²) in [6.07, 6.45) is 2.81. The topological polar surface area (TPSA) is 85.1 Å². The van der Waals surface area contributed by atoms with Crippen LogP contribution in [0.4, 0.5) is 9.59 Å². The number of fused-ring (bicyclic) bond motifs is 5. The summed E-state index contributed by atoms with van der Waals surface area (Å²) in [5, 5.41) is 0. The average Bonchev–Trinajstić information content (AvgIpc) is 3.32. The number of nitrogens with two attached hydrogens (primary N) is 1. The number of hydrogen-bond acceptors (Lipinski definition) is 5. The summed E-state index contributed by atoms with van der Waals surface area (Å²) >= 11 is 0. The van der Waals surface area contributed by atoms with E-state index in [1.54, 1.807) is 4.90 Å². The SMILES string of the molecule is CCOC(=O)N1C2CCC1CC(N(CCN)C(=O)OCC1c3ccccc3-c3ccccc31)C2. The predicted molar refractivity (Wildman–Crippen MR) is 130 cm³/mol. The Bertz CT molecular complexity index is 998. The summed E-state index contributed by atoms with van der Waals surface area (Å²) < 4.78 is 11.2. The Balaban J connectivity index is 1.28. The van der Waals surface area contributed by atoms with Crippen molar-refractivity contribution in [1.82, 2.24) is 9.80 Å². The van der Waals surface area contributed by atoms with Gasteiger partial charge in [-0.05, 0) is 54.9 Å². The van der Waals surface area contributed by atoms with E-state index in [1.165, 1.54) is 22.3 Å². The van der Waals surface area contributed by atoms with Gasteiger partial charge in [-0.1, -0.05) is 48.5 Å². The van der Waals surface area contributed by atoms with E-state index in [-0.39, 0.29) is 36.2 Å². The molecule has 5 rings (SSSR count). The fraction of sp³-hybridized carbons (Fsp3) is 0.481. The van der Waals surface area contributed by atoms with Gasteiger partial charge in [0.1, 0.15) is 6.61 Å². The number of ether oxygens (including phenoxy) is 2. The van der Waals surface area contributed by atoms with Crippen LogP contribution in [0.5, 0.6) is 0 Å². The van der Waals surface area contributed by atoms with Crippen molar-refractivity contribution in [3.63, 3.8) is 0 Å². The zero-order valence-corrected chi connectivity index (χ0v) is 19.7. The third-order valence-electron chi connectivity index (χ3n) is 7.57. The van der Waals surface area contributed by atoms with E-state index in [1.807, 2.05) is 36.1 Å². The van der Waals surface area contributed by atoms with Crippen LogP contribution < -0.4 is 5.73 Å². The quantitative estimate of drug-likeness (QED) is 0.689. The van der Waals surface area contributed by atoms with E-state index in [0.29, 0.717) is 26.3 Å². The van der Waals surface area contributed by atoms with E-state index in [9.17, 15) is 9.59 Å². The van der Waals surface area contributed by atoms with E-state index in [4.69, 9.17) is 15.2 Å². The second-order valence-electron chi connectivity index (χ2n) is 9.40. The lowest BCUT2D eigenvalue weighted by Crippen LogP contribution is -2.54. The monoisotopic (exact) mass is 463 g/mol. The van der Waals surface area contributed by atoms with Gasteiger partial charge in [0.05, 0.1) is 6.61 Å². The third-order valence-corrected chi connectivity index (χ3v) is 7.57. The summed E-state index contributed by atoms with van der Waals surface area (Å²) in [7, 11) is 0. The van der Waals surface area contributed by atoms with Gasteiger partial charge in [0, 0.05) is 37.1 Å². The number of carbonyl (C=O) groups is 2. The van der Waals surface area contributed by atoms with E-state index >= 15 is 0 Å². The number of carbonyl (C=O) groups excluding carboxylic acids is 2. The number of benzene rings is 2. The summed E-state index contributed by atoms with van der Waals surface area (Å²) in [5.41, 5.74) is 10.7. The first-order valence-corrected chi connectivity index (χ1v) is 12.4. The molecule has 34 heavy (non-hydrogen) atoms. The molecule has 2 atom stereocenters. The first kappa shape index (κ1) is 22.7. The lowest BCUT2D eigenvalue weighted by Gasteiger charge is -2.42. The van der Waals surface area contributed by atoms with Crippen molar-refractivity contribution < 1.29 is 19.1 Å². The van der Waals surface area contributed by atoms with Crippen LogP contribution in [0.2, 0.25) is 0 Å². The molecule has 2 aromatic carbocycles. The molecule has 2 fully saturated rings. The Labute approximate surface area is 200 Å². The molecular weight excluding hydrogens is 430 g/mol. The van der Waals surface area contributed by atoms with Gasteiger partial charge >= 0.3 is 12.2 Å². The fourth-order valence-corrected chi connectivity index (χ4v) is 6.14. The maximum absolute atomic E-state index is 13.3. The van der Waals surface area contributed by atoms with Gasteiger partial charge in [-0.25, -0.2) is 9.59 Å². The molecule has 2 bridgehead atoms. The van der Waals surface area contributed by atoms with Gasteiger partial charge < -0.3 is 25.0 Å². The molecule has 2 amide bonds. The van der Waals surface area contributed by atoms with Gasteiger partial charge in [0.15, 0.2) is 0 Å². The second-order valence-corrected chi connectivity index (χ2v) is 9.40. The van der Waals surface area contributed by atoms with Gasteiger partial charge in [0.2, 0.25) is 0 Å². The Morgan fingerprint density at radius 3 is 2.12 bits per heavy atom. The Hall–Kier alpha value is -3.06. The maximum atomic E-state index is 13.3. The van der Waals surface area contributed by atoms with Crippen LogP contribution in [0.15, 0.2) is 48.5 Å². The van der Waals surface area contributed by atoms with E-state index in [2.05, 4.69) is 24.3 Å². The Kier molecular flexibility index (Phi) is 6.46. The van der Waals surface area contributed by atoms with Crippen LogP contribution in [0.3, 0.4) is 0 Å². The fourth-order valence-electron chi connectivity index (χ4n) is 6.14. The predicted octanol–water partition coefficient (Wildman–Crippen LogP) is 4.35. The van der Waals surface area contributed by atoms with Crippen LogP contribution in [-0.4, -0.2) is 66.4 Å². The molecule has 0 saturated carbocycles. The van der Waals surface area contributed by atoms with Crippen LogP contribution >= 0.6 is 0 Å². The van der Waals surface area contributed by atoms with Crippen LogP contribution in [0, 0.1) is 0 Å². The number of amides is 2. The number of piperidine rings is 1. The smallest absolute Gasteiger partial charge is 0.410 e. The van der Waals surface area contributed by atoms with Crippen molar-refractivity contribution >= 4 is 12.2 Å². The molecule has 2 heterocycles. The highest BCUT2D eigenvalue weighted by atomic mass is 16.6. The number of rotatable bonds is 6. The van der Waals surface area contributed by atoms with Crippen LogP contribution in [-0.2, 0) is 9.47 Å². The first-order chi connectivity index (χ1) is 16.6. The van der Waals surface area contributed by atoms with Crippen molar-refractivity contribution in [3.05, 3.63) is 59.7 Å². The third kappa shape index (κ3) is 4.02. The van der Waals surface area contributed by atoms with E-state index in [0.717, 1.165) is 25.7 Å². The number of nitrogens with zero attached hydrogens (tertiary/aromatic N) is 2. The molecule has 0 aromatic heterocycles. The second kappa shape index (κ2) is 9.66. The van der Waals surface area contributed by atoms with Gasteiger partial charge in [-0.3, -0.25) is 0 Å². The first-order valence-electron chi connectivity index (χ1n) is 12.4. The molecular formula is C27H33N3O4. The summed E-state index contributed by atoms with van der Waals surface area (Å²) in [5.74, 6) is 0.0259. The molecule has 7 nitrogen and oxygen atoms in total. The molecule has 180 valence electrons. The molecule has 1 aliphatic carbocycles. The average molecular weight is 464 g/mol. The van der Waals surface area contributed by atoms with Gasteiger partial charge in [0.25, 0.3) is 0 Å². The van der Waals surface area contributed by atoms with Crippen molar-refractivity contribution in [2.45, 2.75) is 56.7 Å². The minimum Gasteiger partial charge on any atom is -0.450 e. The normalized spacial score (nSPS) is 22.8. The molecule has 2 saturated heterocycles. The van der Waals surface area contributed by atoms with Crippen molar-refractivity contribution in [2.75, 3.05) is 26.3 Å². The maximum Gasteiger partial charge on any atom is 0.410 e. The lowest BCUT2D eigenvalue weighted by atomic mass is 9.96. The highest BCUT2D eigenvalue weighted by Crippen LogP contribution is 2.44. The molecule has 7 heteroatoms. The minimum atomic E-state index is -0.318. The Morgan fingerprint density at radius 2 is 1.56 bits per heavy atom. The molecule has 2 aliphatic heterocycles. The Morgan fingerprint density at radius 1 is 0.971 bits per heavy atom. The molecule has 0 spiro atoms. The van der Waals surface area contributed by atoms with Crippen LogP contribution in [0.1, 0.15) is 49.7 Å². The van der Waals surface area contributed by atoms with Crippen molar-refractivity contribution in [1.29, 1.82) is 0 Å². The highest BCUT2D eigenvalue weighted by molar-refractivity contribution is 5.79. The molecule has 2 N–H and O–H groups in total. The van der Waals surface area contributed by atoms with Gasteiger partial charge in [-0.2, -0.15) is 0 Å². The highest BCUT2D eigenvalue weighted by Gasteiger charge is 2.46. The zero-order chi connectivity index (χ0) is 23.7. The summed E-state index contributed by atoms with van der Waals surface area (Å²) in [6.45, 7) is 3.31. The van der Waals surface area contributed by atoms with E-state index < -0.39 is 0 Å².